The highest BCUT2D eigenvalue weighted by Gasteiger charge is 2.30. The third kappa shape index (κ3) is 3.39. The molecule has 0 amide bonds. The van der Waals surface area contributed by atoms with Crippen molar-refractivity contribution in [3.8, 4) is 16.9 Å². The van der Waals surface area contributed by atoms with Crippen LogP contribution < -0.4 is 5.19 Å². The Labute approximate surface area is 171 Å². The van der Waals surface area contributed by atoms with Crippen LogP contribution in [0.3, 0.4) is 0 Å². The topological polar surface area (TPSA) is 20.2 Å². The number of aromatic hydroxyl groups is 1. The summed E-state index contributed by atoms with van der Waals surface area (Å²) < 4.78 is 0. The zero-order chi connectivity index (χ0) is 21.0. The van der Waals surface area contributed by atoms with Crippen LogP contribution in [0.5, 0.6) is 5.75 Å². The molecule has 2 aromatic rings. The molecule has 0 saturated heterocycles. The quantitative estimate of drug-likeness (QED) is 0.560. The van der Waals surface area contributed by atoms with Gasteiger partial charge < -0.3 is 5.11 Å². The monoisotopic (exact) mass is 390 g/mol. The molecular formula is C26H34OSi. The first kappa shape index (κ1) is 20.7. The number of benzene rings is 2. The van der Waals surface area contributed by atoms with Crippen molar-refractivity contribution in [2.75, 3.05) is 0 Å². The van der Waals surface area contributed by atoms with E-state index in [0.717, 1.165) is 10.8 Å². The van der Waals surface area contributed by atoms with E-state index >= 15 is 0 Å². The van der Waals surface area contributed by atoms with Gasteiger partial charge in [-0.15, -0.1) is 0 Å². The molecule has 0 radical (unpaired) electrons. The first-order valence-corrected chi connectivity index (χ1v) is 13.7. The van der Waals surface area contributed by atoms with E-state index in [1.807, 2.05) is 0 Å². The smallest absolute Gasteiger partial charge is 0.122 e. The fraction of sp³-hybridized carbons (Fsp3) is 0.385. The van der Waals surface area contributed by atoms with Gasteiger partial charge in [0.2, 0.25) is 0 Å². The Morgan fingerprint density at radius 1 is 0.714 bits per heavy atom. The van der Waals surface area contributed by atoms with E-state index in [-0.39, 0.29) is 0 Å². The third-order valence-corrected chi connectivity index (χ3v) is 8.48. The molecule has 0 bridgehead atoms. The van der Waals surface area contributed by atoms with Crippen LogP contribution in [0.15, 0.2) is 52.6 Å². The largest absolute Gasteiger partial charge is 0.507 e. The Kier molecular flexibility index (Phi) is 5.22. The first-order valence-electron chi connectivity index (χ1n) is 10.2. The molecule has 1 N–H and O–H groups in total. The van der Waals surface area contributed by atoms with Gasteiger partial charge >= 0.3 is 0 Å². The molecule has 0 aromatic heterocycles. The summed E-state index contributed by atoms with van der Waals surface area (Å²) in [5.74, 6) is 0.775. The van der Waals surface area contributed by atoms with Crippen LogP contribution in [0.4, 0.5) is 0 Å². The van der Waals surface area contributed by atoms with E-state index in [2.05, 4.69) is 91.5 Å². The second kappa shape index (κ2) is 7.08. The molecule has 0 atom stereocenters. The minimum absolute atomic E-state index is 0.297. The number of hydrogen-bond donors (Lipinski definition) is 1. The molecule has 0 heterocycles. The second-order valence-corrected chi connectivity index (χ2v) is 14.6. The Morgan fingerprint density at radius 3 is 1.79 bits per heavy atom. The fourth-order valence-corrected chi connectivity index (χ4v) is 6.03. The molecule has 0 spiro atoms. The van der Waals surface area contributed by atoms with E-state index in [4.69, 9.17) is 0 Å². The Balaban J connectivity index is 2.32. The van der Waals surface area contributed by atoms with Crippen LogP contribution in [-0.4, -0.2) is 13.2 Å². The summed E-state index contributed by atoms with van der Waals surface area (Å²) in [5, 5.41) is 12.5. The van der Waals surface area contributed by atoms with Gasteiger partial charge in [0.15, 0.2) is 0 Å². The van der Waals surface area contributed by atoms with Crippen molar-refractivity contribution in [3.63, 3.8) is 0 Å². The summed E-state index contributed by atoms with van der Waals surface area (Å²) >= 11 is 0. The molecule has 3 rings (SSSR count). The number of phenols is 1. The van der Waals surface area contributed by atoms with Gasteiger partial charge in [0.1, 0.15) is 5.75 Å². The van der Waals surface area contributed by atoms with Crippen LogP contribution in [0, 0.1) is 13.8 Å². The Hall–Kier alpha value is -2.06. The molecule has 1 aliphatic rings. The van der Waals surface area contributed by atoms with Gasteiger partial charge in [-0.05, 0) is 75.1 Å². The minimum atomic E-state index is -1.65. The molecule has 0 unspecified atom stereocenters. The lowest BCUT2D eigenvalue weighted by molar-refractivity contribution is 0.481. The highest BCUT2D eigenvalue weighted by Crippen LogP contribution is 2.47. The first-order chi connectivity index (χ1) is 12.9. The maximum atomic E-state index is 11.3. The van der Waals surface area contributed by atoms with Gasteiger partial charge in [-0.1, -0.05) is 66.2 Å². The highest BCUT2D eigenvalue weighted by atomic mass is 28.3. The Bertz CT molecular complexity index is 991. The van der Waals surface area contributed by atoms with Crippen LogP contribution in [-0.2, 0) is 0 Å². The summed E-state index contributed by atoms with van der Waals surface area (Å²) in [6.07, 6.45) is 0. The summed E-state index contributed by atoms with van der Waals surface area (Å²) in [7, 11) is -1.65. The molecule has 148 valence electrons. The van der Waals surface area contributed by atoms with Gasteiger partial charge in [0.05, 0.1) is 8.07 Å². The maximum absolute atomic E-state index is 11.3. The average Bonchev–Trinajstić information content (AvgIpc) is 2.79. The van der Waals surface area contributed by atoms with E-state index in [1.165, 1.54) is 44.5 Å². The van der Waals surface area contributed by atoms with Crippen LogP contribution in [0.2, 0.25) is 19.6 Å². The maximum Gasteiger partial charge on any atom is 0.122 e. The Morgan fingerprint density at radius 2 is 1.25 bits per heavy atom. The summed E-state index contributed by atoms with van der Waals surface area (Å²) in [4.78, 5) is 0. The van der Waals surface area contributed by atoms with Crippen molar-refractivity contribution in [1.82, 2.24) is 0 Å². The third-order valence-electron chi connectivity index (χ3n) is 6.48. The molecule has 2 heteroatoms. The lowest BCUT2D eigenvalue weighted by atomic mass is 9.83. The number of hydrogen-bond acceptors (Lipinski definition) is 1. The molecule has 2 aromatic carbocycles. The molecule has 0 aliphatic heterocycles. The predicted octanol–water partition coefficient (Wildman–Crippen LogP) is 6.99. The normalized spacial score (nSPS) is 15.8. The van der Waals surface area contributed by atoms with Crippen LogP contribution >= 0.6 is 0 Å². The number of allylic oxidation sites excluding steroid dienone is 4. The van der Waals surface area contributed by atoms with E-state index < -0.39 is 8.07 Å². The zero-order valence-corrected chi connectivity index (χ0v) is 19.9. The van der Waals surface area contributed by atoms with E-state index in [9.17, 15) is 5.11 Å². The standard InChI is InChI=1S/C26H34OSi/c1-15-10-11-21(25-19(5)17(3)18(4)20(25)6)22(12-15)23-13-16(2)14-24(26(23)27)28(7,8)9/h10-14,25,27H,1-9H3. The lowest BCUT2D eigenvalue weighted by Crippen LogP contribution is -2.38. The van der Waals surface area contributed by atoms with Crippen molar-refractivity contribution in [1.29, 1.82) is 0 Å². The van der Waals surface area contributed by atoms with E-state index in [1.54, 1.807) is 0 Å². The van der Waals surface area contributed by atoms with Gasteiger partial charge in [-0.25, -0.2) is 0 Å². The second-order valence-electron chi connectivity index (χ2n) is 9.60. The number of rotatable bonds is 3. The van der Waals surface area contributed by atoms with Crippen molar-refractivity contribution in [2.45, 2.75) is 67.1 Å². The predicted molar refractivity (Wildman–Crippen MR) is 125 cm³/mol. The number of phenolic OH excluding ortho intramolecular Hbond substituents is 1. The molecule has 0 saturated carbocycles. The summed E-state index contributed by atoms with van der Waals surface area (Å²) in [5.41, 5.74) is 11.6. The summed E-state index contributed by atoms with van der Waals surface area (Å²) in [6.45, 7) is 20.1. The summed E-state index contributed by atoms with van der Waals surface area (Å²) in [6, 6.07) is 11.1. The van der Waals surface area contributed by atoms with Crippen LogP contribution in [0.25, 0.3) is 11.1 Å². The van der Waals surface area contributed by atoms with Crippen LogP contribution in [0.1, 0.15) is 50.3 Å². The zero-order valence-electron chi connectivity index (χ0n) is 18.9. The van der Waals surface area contributed by atoms with Crippen molar-refractivity contribution >= 4 is 13.3 Å². The van der Waals surface area contributed by atoms with Crippen molar-refractivity contribution < 1.29 is 5.11 Å². The molecule has 1 aliphatic carbocycles. The minimum Gasteiger partial charge on any atom is -0.507 e. The van der Waals surface area contributed by atoms with Gasteiger partial charge in [-0.3, -0.25) is 0 Å². The SMILES string of the molecule is CC1=C(C)C(c2ccc(C)cc2-c2cc(C)cc([Si](C)(C)C)c2O)C(C)=C1C. The van der Waals surface area contributed by atoms with Gasteiger partial charge in [0.25, 0.3) is 0 Å². The molecule has 1 nitrogen and oxygen atoms in total. The number of aryl methyl sites for hydroxylation is 2. The molecule has 0 fully saturated rings. The fourth-order valence-electron chi connectivity index (χ4n) is 4.53. The average molecular weight is 391 g/mol. The van der Waals surface area contributed by atoms with Gasteiger partial charge in [-0.2, -0.15) is 0 Å². The highest BCUT2D eigenvalue weighted by molar-refractivity contribution is 6.89. The van der Waals surface area contributed by atoms with Crippen molar-refractivity contribution in [2.24, 2.45) is 0 Å². The molecule has 28 heavy (non-hydrogen) atoms. The van der Waals surface area contributed by atoms with Crippen molar-refractivity contribution in [3.05, 3.63) is 69.3 Å². The van der Waals surface area contributed by atoms with Gasteiger partial charge in [0, 0.05) is 11.5 Å². The molecular weight excluding hydrogens is 356 g/mol. The van der Waals surface area contributed by atoms with E-state index in [0.29, 0.717) is 11.7 Å². The lowest BCUT2D eigenvalue weighted by Gasteiger charge is -2.24.